The highest BCUT2D eigenvalue weighted by Gasteiger charge is 2.62. The first kappa shape index (κ1) is 10.4. The van der Waals surface area contributed by atoms with Crippen molar-refractivity contribution in [2.75, 3.05) is 0 Å². The lowest BCUT2D eigenvalue weighted by Gasteiger charge is -2.32. The fraction of sp³-hybridized carbons (Fsp3) is 0.786. The van der Waals surface area contributed by atoms with Crippen LogP contribution in [-0.2, 0) is 9.53 Å². The fourth-order valence-electron chi connectivity index (χ4n) is 4.09. The van der Waals surface area contributed by atoms with Gasteiger partial charge in [-0.2, -0.15) is 0 Å². The first-order valence-corrected chi connectivity index (χ1v) is 6.57. The number of allylic oxidation sites excluding steroid dienone is 2. The van der Waals surface area contributed by atoms with Crippen molar-refractivity contribution in [1.82, 2.24) is 0 Å². The summed E-state index contributed by atoms with van der Waals surface area (Å²) >= 11 is 0. The van der Waals surface area contributed by atoms with Crippen molar-refractivity contribution in [3.05, 3.63) is 12.2 Å². The maximum atomic E-state index is 12.0. The molecule has 0 unspecified atom stereocenters. The average molecular weight is 220 g/mol. The zero-order valence-electron chi connectivity index (χ0n) is 10.1. The van der Waals surface area contributed by atoms with Crippen molar-refractivity contribution in [1.29, 1.82) is 0 Å². The second kappa shape index (κ2) is 3.35. The summed E-state index contributed by atoms with van der Waals surface area (Å²) in [5, 5.41) is 0. The monoisotopic (exact) mass is 220 g/mol. The van der Waals surface area contributed by atoms with Crippen LogP contribution in [0.5, 0.6) is 0 Å². The van der Waals surface area contributed by atoms with E-state index in [1.807, 2.05) is 0 Å². The molecule has 0 aromatic heterocycles. The minimum Gasteiger partial charge on any atom is -0.459 e. The molecule has 0 aromatic carbocycles. The molecule has 0 spiro atoms. The zero-order chi connectivity index (χ0) is 11.3. The Bertz CT molecular complexity index is 347. The van der Waals surface area contributed by atoms with E-state index in [0.717, 1.165) is 12.8 Å². The highest BCUT2D eigenvalue weighted by molar-refractivity contribution is 5.78. The van der Waals surface area contributed by atoms with E-state index in [1.54, 1.807) is 0 Å². The lowest BCUT2D eigenvalue weighted by Crippen LogP contribution is -2.36. The molecule has 2 heteroatoms. The molecule has 3 rings (SSSR count). The van der Waals surface area contributed by atoms with Gasteiger partial charge in [-0.1, -0.05) is 25.5 Å². The average Bonchev–Trinajstić information content (AvgIpc) is 2.90. The number of carbonyl (C=O) groups is 1. The summed E-state index contributed by atoms with van der Waals surface area (Å²) in [6, 6.07) is 0. The van der Waals surface area contributed by atoms with Crippen LogP contribution < -0.4 is 0 Å². The Morgan fingerprint density at radius 3 is 2.94 bits per heavy atom. The minimum atomic E-state index is -0.179. The third kappa shape index (κ3) is 1.22. The number of hydrogen-bond donors (Lipinski definition) is 0. The van der Waals surface area contributed by atoms with Gasteiger partial charge < -0.3 is 4.74 Å². The Morgan fingerprint density at radius 2 is 2.19 bits per heavy atom. The molecule has 2 nitrogen and oxygen atoms in total. The molecular weight excluding hydrogens is 200 g/mol. The van der Waals surface area contributed by atoms with E-state index in [4.69, 9.17) is 4.74 Å². The van der Waals surface area contributed by atoms with E-state index in [1.165, 1.54) is 12.8 Å². The summed E-state index contributed by atoms with van der Waals surface area (Å²) in [5.74, 6) is 1.79. The highest BCUT2D eigenvalue weighted by Crippen LogP contribution is 2.58. The largest absolute Gasteiger partial charge is 0.459 e. The molecule has 2 aliphatic carbocycles. The van der Waals surface area contributed by atoms with Gasteiger partial charge in [0, 0.05) is 5.92 Å². The van der Waals surface area contributed by atoms with Gasteiger partial charge in [0.15, 0.2) is 0 Å². The highest BCUT2D eigenvalue weighted by atomic mass is 16.6. The molecule has 5 atom stereocenters. The molecule has 0 N–H and O–H groups in total. The lowest BCUT2D eigenvalue weighted by atomic mass is 9.73. The maximum Gasteiger partial charge on any atom is 0.310 e. The van der Waals surface area contributed by atoms with Crippen molar-refractivity contribution in [3.63, 3.8) is 0 Å². The third-order valence-corrected chi connectivity index (χ3v) is 4.80. The van der Waals surface area contributed by atoms with Crippen LogP contribution in [0, 0.1) is 23.7 Å². The Morgan fingerprint density at radius 1 is 1.44 bits per heavy atom. The number of rotatable bonds is 3. The minimum absolute atomic E-state index is 0.0699. The SMILES string of the molecule is CCCC[C@@]1(C)OC(=O)[C@@H]2[C@H]1[C@@H]1C=C[C@H]2C1. The molecule has 2 fully saturated rings. The van der Waals surface area contributed by atoms with Crippen LogP contribution in [0.2, 0.25) is 0 Å². The topological polar surface area (TPSA) is 26.3 Å². The van der Waals surface area contributed by atoms with Crippen LogP contribution in [0.1, 0.15) is 39.5 Å². The Hall–Kier alpha value is -0.790. The number of esters is 1. The third-order valence-electron chi connectivity index (χ3n) is 4.80. The van der Waals surface area contributed by atoms with Crippen molar-refractivity contribution >= 4 is 5.97 Å². The molecule has 0 amide bonds. The van der Waals surface area contributed by atoms with Crippen LogP contribution in [0.4, 0.5) is 0 Å². The van der Waals surface area contributed by atoms with Gasteiger partial charge in [0.25, 0.3) is 0 Å². The van der Waals surface area contributed by atoms with Gasteiger partial charge in [-0.25, -0.2) is 0 Å². The lowest BCUT2D eigenvalue weighted by molar-refractivity contribution is -0.151. The summed E-state index contributed by atoms with van der Waals surface area (Å²) < 4.78 is 5.72. The predicted molar refractivity (Wildman–Crippen MR) is 61.7 cm³/mol. The van der Waals surface area contributed by atoms with E-state index in [2.05, 4.69) is 26.0 Å². The van der Waals surface area contributed by atoms with E-state index >= 15 is 0 Å². The smallest absolute Gasteiger partial charge is 0.310 e. The summed E-state index contributed by atoms with van der Waals surface area (Å²) in [6.07, 6.45) is 9.11. The molecule has 88 valence electrons. The molecule has 2 bridgehead atoms. The molecule has 0 aromatic rings. The van der Waals surface area contributed by atoms with E-state index in [9.17, 15) is 4.79 Å². The van der Waals surface area contributed by atoms with Crippen molar-refractivity contribution in [2.45, 2.75) is 45.1 Å². The van der Waals surface area contributed by atoms with Gasteiger partial charge in [-0.15, -0.1) is 0 Å². The molecule has 1 heterocycles. The van der Waals surface area contributed by atoms with E-state index in [-0.39, 0.29) is 17.5 Å². The van der Waals surface area contributed by atoms with Gasteiger partial charge in [0.05, 0.1) is 5.92 Å². The zero-order valence-corrected chi connectivity index (χ0v) is 10.1. The predicted octanol–water partition coefficient (Wildman–Crippen LogP) is 2.93. The molecule has 3 aliphatic rings. The normalized spacial score (nSPS) is 48.5. The van der Waals surface area contributed by atoms with Crippen LogP contribution in [0.3, 0.4) is 0 Å². The Labute approximate surface area is 97.1 Å². The number of fused-ring (bicyclic) bond motifs is 5. The van der Waals surface area contributed by atoms with Gasteiger partial charge in [-0.05, 0) is 38.0 Å². The van der Waals surface area contributed by atoms with Crippen molar-refractivity contribution in [2.24, 2.45) is 23.7 Å². The van der Waals surface area contributed by atoms with Gasteiger partial charge in [0.1, 0.15) is 5.60 Å². The molecule has 1 saturated heterocycles. The van der Waals surface area contributed by atoms with Crippen LogP contribution in [0.15, 0.2) is 12.2 Å². The van der Waals surface area contributed by atoms with E-state index < -0.39 is 0 Å². The molecular formula is C14H20O2. The molecule has 16 heavy (non-hydrogen) atoms. The number of carbonyl (C=O) groups excluding carboxylic acids is 1. The molecule has 1 saturated carbocycles. The first-order chi connectivity index (χ1) is 7.65. The number of unbranched alkanes of at least 4 members (excludes halogenated alkanes) is 1. The Balaban J connectivity index is 1.87. The summed E-state index contributed by atoms with van der Waals surface area (Å²) in [6.45, 7) is 4.35. The fourth-order valence-corrected chi connectivity index (χ4v) is 4.09. The summed E-state index contributed by atoms with van der Waals surface area (Å²) in [4.78, 5) is 12.0. The summed E-state index contributed by atoms with van der Waals surface area (Å²) in [5.41, 5.74) is -0.179. The van der Waals surface area contributed by atoms with Gasteiger partial charge in [0.2, 0.25) is 0 Å². The van der Waals surface area contributed by atoms with Gasteiger partial charge >= 0.3 is 5.97 Å². The first-order valence-electron chi connectivity index (χ1n) is 6.57. The standard InChI is InChI=1S/C14H20O2/c1-3-4-7-14(2)12-10-6-5-9(8-10)11(12)13(15)16-14/h5-6,9-12H,3-4,7-8H2,1-2H3/t9-,10+,11-,12+,14+/m0/s1. The molecule has 0 radical (unpaired) electrons. The quantitative estimate of drug-likeness (QED) is 0.540. The summed E-state index contributed by atoms with van der Waals surface area (Å²) in [7, 11) is 0. The number of ether oxygens (including phenoxy) is 1. The Kier molecular flexibility index (Phi) is 2.17. The van der Waals surface area contributed by atoms with Crippen LogP contribution >= 0.6 is 0 Å². The second-order valence-electron chi connectivity index (χ2n) is 5.84. The van der Waals surface area contributed by atoms with Crippen molar-refractivity contribution < 1.29 is 9.53 Å². The molecule has 1 aliphatic heterocycles. The number of cyclic esters (lactones) is 1. The number of hydrogen-bond acceptors (Lipinski definition) is 2. The second-order valence-corrected chi connectivity index (χ2v) is 5.84. The van der Waals surface area contributed by atoms with Crippen molar-refractivity contribution in [3.8, 4) is 0 Å². The van der Waals surface area contributed by atoms with E-state index in [0.29, 0.717) is 17.8 Å². The van der Waals surface area contributed by atoms with Gasteiger partial charge in [-0.3, -0.25) is 4.79 Å². The van der Waals surface area contributed by atoms with Crippen LogP contribution in [0.25, 0.3) is 0 Å². The van der Waals surface area contributed by atoms with Crippen LogP contribution in [-0.4, -0.2) is 11.6 Å². The maximum absolute atomic E-state index is 12.0.